The molecule has 3 aromatic heterocycles. The summed E-state index contributed by atoms with van der Waals surface area (Å²) in [5, 5.41) is 8.70. The van der Waals surface area contributed by atoms with Crippen molar-refractivity contribution in [3.8, 4) is 0 Å². The molecule has 4 aromatic rings. The highest BCUT2D eigenvalue weighted by Gasteiger charge is 2.22. The molecule has 162 valence electrons. The van der Waals surface area contributed by atoms with Crippen LogP contribution in [0.5, 0.6) is 0 Å². The maximum absolute atomic E-state index is 12.9. The van der Waals surface area contributed by atoms with Crippen LogP contribution in [0.4, 0.5) is 0 Å². The predicted molar refractivity (Wildman–Crippen MR) is 116 cm³/mol. The topological polar surface area (TPSA) is 104 Å². The Kier molecular flexibility index (Phi) is 6.13. The van der Waals surface area contributed by atoms with Crippen molar-refractivity contribution in [3.05, 3.63) is 58.5 Å². The number of aryl methyl sites for hydroxylation is 3. The Labute approximate surface area is 178 Å². The summed E-state index contributed by atoms with van der Waals surface area (Å²) < 4.78 is 14.0. The number of ether oxygens (including phenoxy) is 1. The molecular weight excluding hydrogens is 398 g/mol. The molecular formula is C22H25N5O4. The molecule has 1 aromatic carbocycles. The van der Waals surface area contributed by atoms with Crippen LogP contribution in [0, 0.1) is 6.92 Å². The van der Waals surface area contributed by atoms with E-state index in [0.29, 0.717) is 44.8 Å². The SMILES string of the molecule is COCCCn1cnc2oc(C)c(C(=O)NCCCn3cc4ccccc4n3)c2c1=O. The van der Waals surface area contributed by atoms with Gasteiger partial charge in [0.2, 0.25) is 5.71 Å². The number of furan rings is 1. The van der Waals surface area contributed by atoms with Gasteiger partial charge in [-0.3, -0.25) is 18.8 Å². The highest BCUT2D eigenvalue weighted by atomic mass is 16.5. The van der Waals surface area contributed by atoms with Gasteiger partial charge in [0.15, 0.2) is 0 Å². The molecule has 0 spiro atoms. The Morgan fingerprint density at radius 1 is 1.23 bits per heavy atom. The van der Waals surface area contributed by atoms with Crippen LogP contribution in [-0.2, 0) is 17.8 Å². The molecule has 0 aliphatic heterocycles. The van der Waals surface area contributed by atoms with Gasteiger partial charge >= 0.3 is 0 Å². The van der Waals surface area contributed by atoms with Crippen molar-refractivity contribution in [2.75, 3.05) is 20.3 Å². The molecule has 0 unspecified atom stereocenters. The van der Waals surface area contributed by atoms with Gasteiger partial charge < -0.3 is 14.5 Å². The average Bonchev–Trinajstić information content (AvgIpc) is 3.33. The molecule has 0 saturated carbocycles. The lowest BCUT2D eigenvalue weighted by atomic mass is 10.1. The second kappa shape index (κ2) is 9.13. The smallest absolute Gasteiger partial charge is 0.265 e. The molecule has 0 atom stereocenters. The van der Waals surface area contributed by atoms with Crippen LogP contribution < -0.4 is 10.9 Å². The van der Waals surface area contributed by atoms with E-state index in [2.05, 4.69) is 15.4 Å². The largest absolute Gasteiger partial charge is 0.442 e. The van der Waals surface area contributed by atoms with E-state index in [-0.39, 0.29) is 28.1 Å². The number of carbonyl (C=O) groups excluding carboxylic acids is 1. The van der Waals surface area contributed by atoms with Crippen LogP contribution in [0.15, 0.2) is 46.0 Å². The van der Waals surface area contributed by atoms with Crippen LogP contribution in [0.3, 0.4) is 0 Å². The number of nitrogens with one attached hydrogen (secondary N) is 1. The molecule has 0 radical (unpaired) electrons. The molecule has 0 aliphatic rings. The molecule has 4 rings (SSSR count). The van der Waals surface area contributed by atoms with E-state index >= 15 is 0 Å². The minimum atomic E-state index is -0.338. The Bertz CT molecular complexity index is 1240. The second-order valence-electron chi connectivity index (χ2n) is 7.36. The Morgan fingerprint density at radius 3 is 2.87 bits per heavy atom. The number of fused-ring (bicyclic) bond motifs is 2. The third kappa shape index (κ3) is 4.36. The fourth-order valence-electron chi connectivity index (χ4n) is 3.61. The van der Waals surface area contributed by atoms with Gasteiger partial charge in [-0.05, 0) is 25.8 Å². The maximum atomic E-state index is 12.9. The number of amides is 1. The third-order valence-electron chi connectivity index (χ3n) is 5.14. The van der Waals surface area contributed by atoms with Gasteiger partial charge in [0, 0.05) is 44.9 Å². The van der Waals surface area contributed by atoms with E-state index in [0.717, 1.165) is 10.9 Å². The Hall–Kier alpha value is -3.46. The van der Waals surface area contributed by atoms with E-state index in [1.807, 2.05) is 35.1 Å². The van der Waals surface area contributed by atoms with Crippen LogP contribution in [-0.4, -0.2) is 45.5 Å². The van der Waals surface area contributed by atoms with E-state index in [4.69, 9.17) is 9.15 Å². The predicted octanol–water partition coefficient (Wildman–Crippen LogP) is 2.50. The first kappa shape index (κ1) is 20.8. The summed E-state index contributed by atoms with van der Waals surface area (Å²) in [5.74, 6) is 0.0421. The minimum Gasteiger partial charge on any atom is -0.442 e. The molecule has 0 fully saturated rings. The van der Waals surface area contributed by atoms with Crippen LogP contribution in [0.25, 0.3) is 22.0 Å². The number of hydrogen-bond acceptors (Lipinski definition) is 6. The summed E-state index contributed by atoms with van der Waals surface area (Å²) >= 11 is 0. The zero-order valence-corrected chi connectivity index (χ0v) is 17.6. The molecule has 0 aliphatic carbocycles. The highest BCUT2D eigenvalue weighted by molar-refractivity contribution is 6.06. The standard InChI is InChI=1S/C22H25N5O4/c1-15-18(19-21(31-15)24-14-26(22(19)29)10-6-12-30-2)20(28)23-9-5-11-27-13-16-7-3-4-8-17(16)25-27/h3-4,7-8,13-14H,5-6,9-12H2,1-2H3,(H,23,28). The van der Waals surface area contributed by atoms with E-state index in [9.17, 15) is 9.59 Å². The zero-order valence-electron chi connectivity index (χ0n) is 17.6. The summed E-state index contributed by atoms with van der Waals surface area (Å²) in [4.78, 5) is 29.9. The summed E-state index contributed by atoms with van der Waals surface area (Å²) in [6.45, 7) is 3.78. The quantitative estimate of drug-likeness (QED) is 0.415. The number of methoxy groups -OCH3 is 1. The van der Waals surface area contributed by atoms with Crippen molar-refractivity contribution in [1.82, 2.24) is 24.6 Å². The van der Waals surface area contributed by atoms with Crippen molar-refractivity contribution in [2.45, 2.75) is 32.9 Å². The monoisotopic (exact) mass is 423 g/mol. The van der Waals surface area contributed by atoms with Gasteiger partial charge in [-0.15, -0.1) is 0 Å². The van der Waals surface area contributed by atoms with E-state index < -0.39 is 0 Å². The molecule has 0 bridgehead atoms. The Balaban J connectivity index is 1.43. The molecule has 1 amide bonds. The van der Waals surface area contributed by atoms with Gasteiger partial charge in [0.25, 0.3) is 11.5 Å². The highest BCUT2D eigenvalue weighted by Crippen LogP contribution is 2.20. The molecule has 0 saturated heterocycles. The minimum absolute atomic E-state index is 0.180. The number of nitrogens with zero attached hydrogens (tertiary/aromatic N) is 4. The number of carbonyl (C=O) groups is 1. The van der Waals surface area contributed by atoms with Crippen molar-refractivity contribution in [2.24, 2.45) is 0 Å². The zero-order chi connectivity index (χ0) is 21.8. The molecule has 1 N–H and O–H groups in total. The van der Waals surface area contributed by atoms with Gasteiger partial charge in [0.05, 0.1) is 11.1 Å². The van der Waals surface area contributed by atoms with Crippen LogP contribution in [0.2, 0.25) is 0 Å². The van der Waals surface area contributed by atoms with E-state index in [1.165, 1.54) is 10.9 Å². The van der Waals surface area contributed by atoms with Crippen molar-refractivity contribution >= 4 is 27.9 Å². The normalized spacial score (nSPS) is 11.4. The van der Waals surface area contributed by atoms with E-state index in [1.54, 1.807) is 14.0 Å². The van der Waals surface area contributed by atoms with Gasteiger partial charge in [-0.2, -0.15) is 5.10 Å². The number of hydrogen-bond donors (Lipinski definition) is 1. The summed E-state index contributed by atoms with van der Waals surface area (Å²) in [5.41, 5.74) is 1.09. The number of benzene rings is 1. The maximum Gasteiger partial charge on any atom is 0.265 e. The molecule has 3 heterocycles. The summed E-state index contributed by atoms with van der Waals surface area (Å²) in [6.07, 6.45) is 4.81. The third-order valence-corrected chi connectivity index (χ3v) is 5.14. The summed E-state index contributed by atoms with van der Waals surface area (Å²) in [7, 11) is 1.61. The lowest BCUT2D eigenvalue weighted by molar-refractivity contribution is 0.0952. The van der Waals surface area contributed by atoms with Gasteiger partial charge in [-0.1, -0.05) is 18.2 Å². The first-order chi connectivity index (χ1) is 15.1. The average molecular weight is 423 g/mol. The number of aromatic nitrogens is 4. The van der Waals surface area contributed by atoms with Crippen LogP contribution >= 0.6 is 0 Å². The van der Waals surface area contributed by atoms with Crippen LogP contribution in [0.1, 0.15) is 29.0 Å². The second-order valence-corrected chi connectivity index (χ2v) is 7.36. The van der Waals surface area contributed by atoms with Crippen molar-refractivity contribution < 1.29 is 13.9 Å². The first-order valence-corrected chi connectivity index (χ1v) is 10.3. The molecule has 9 heteroatoms. The lowest BCUT2D eigenvalue weighted by Gasteiger charge is -2.06. The fourth-order valence-corrected chi connectivity index (χ4v) is 3.61. The molecule has 31 heavy (non-hydrogen) atoms. The van der Waals surface area contributed by atoms with Crippen molar-refractivity contribution in [1.29, 1.82) is 0 Å². The first-order valence-electron chi connectivity index (χ1n) is 10.3. The number of rotatable bonds is 9. The fraction of sp³-hybridized carbons (Fsp3) is 0.364. The van der Waals surface area contributed by atoms with Gasteiger partial charge in [0.1, 0.15) is 17.5 Å². The molecule has 9 nitrogen and oxygen atoms in total. The lowest BCUT2D eigenvalue weighted by Crippen LogP contribution is -2.28. The summed E-state index contributed by atoms with van der Waals surface area (Å²) in [6, 6.07) is 7.92. The Morgan fingerprint density at radius 2 is 2.06 bits per heavy atom. The van der Waals surface area contributed by atoms with Crippen molar-refractivity contribution in [3.63, 3.8) is 0 Å². The van der Waals surface area contributed by atoms with Gasteiger partial charge in [-0.25, -0.2) is 4.98 Å².